The zero-order valence-electron chi connectivity index (χ0n) is 10.2. The van der Waals surface area contributed by atoms with Crippen LogP contribution in [0.2, 0.25) is 0 Å². The quantitative estimate of drug-likeness (QED) is 0.235. The Labute approximate surface area is 111 Å². The summed E-state index contributed by atoms with van der Waals surface area (Å²) in [5.74, 6) is -0.120. The van der Waals surface area contributed by atoms with Crippen molar-refractivity contribution in [3.8, 4) is 0 Å². The van der Waals surface area contributed by atoms with Gasteiger partial charge in [-0.05, 0) is 6.42 Å². The lowest BCUT2D eigenvalue weighted by atomic mass is 10.3. The largest absolute Gasteiger partial charge is 0.370 e. The average Bonchev–Trinajstić information content (AvgIpc) is 2.69. The molecule has 0 aliphatic carbocycles. The molecule has 0 aliphatic rings. The third-order valence-electron chi connectivity index (χ3n) is 1.61. The summed E-state index contributed by atoms with van der Waals surface area (Å²) < 4.78 is 0. The molecule has 8 nitrogen and oxygen atoms in total. The van der Waals surface area contributed by atoms with Gasteiger partial charge in [0.2, 0.25) is 0 Å². The molecule has 0 saturated carbocycles. The van der Waals surface area contributed by atoms with E-state index >= 15 is 0 Å². The highest BCUT2D eigenvalue weighted by atomic mass is 35.5. The summed E-state index contributed by atoms with van der Waals surface area (Å²) in [4.78, 5) is 9.98. The SMILES string of the molecule is CCCCNC(=N)NC(=N)N.Cl.O=c1cc[nH][nH]1. The molecule has 0 atom stereocenters. The zero-order valence-corrected chi connectivity index (χ0v) is 11.0. The number of nitrogens with one attached hydrogen (secondary N) is 6. The Hall–Kier alpha value is -1.96. The Kier molecular flexibility index (Phi) is 11.8. The molecule has 1 heterocycles. The summed E-state index contributed by atoms with van der Waals surface area (Å²) in [5.41, 5.74) is 4.90. The van der Waals surface area contributed by atoms with Gasteiger partial charge in [0.25, 0.3) is 5.56 Å². The summed E-state index contributed by atoms with van der Waals surface area (Å²) in [6, 6.07) is 1.42. The molecule has 0 fully saturated rings. The van der Waals surface area contributed by atoms with Crippen molar-refractivity contribution >= 4 is 24.3 Å². The second-order valence-corrected chi connectivity index (χ2v) is 3.16. The highest BCUT2D eigenvalue weighted by Crippen LogP contribution is 1.80. The van der Waals surface area contributed by atoms with Gasteiger partial charge in [0, 0.05) is 18.8 Å². The van der Waals surface area contributed by atoms with Crippen molar-refractivity contribution in [1.29, 1.82) is 10.8 Å². The van der Waals surface area contributed by atoms with E-state index in [0.29, 0.717) is 0 Å². The number of aromatic nitrogens is 2. The lowest BCUT2D eigenvalue weighted by molar-refractivity contribution is 0.744. The van der Waals surface area contributed by atoms with Crippen LogP contribution in [-0.2, 0) is 0 Å². The van der Waals surface area contributed by atoms with Gasteiger partial charge in [0.15, 0.2) is 11.9 Å². The topological polar surface area (TPSA) is 146 Å². The first-order valence-corrected chi connectivity index (χ1v) is 5.21. The molecule has 8 N–H and O–H groups in total. The van der Waals surface area contributed by atoms with E-state index in [9.17, 15) is 4.79 Å². The fourth-order valence-electron chi connectivity index (χ4n) is 0.841. The molecule has 0 aromatic carbocycles. The highest BCUT2D eigenvalue weighted by Gasteiger charge is 1.93. The van der Waals surface area contributed by atoms with Crippen LogP contribution in [0.4, 0.5) is 0 Å². The number of unbranched alkanes of at least 4 members (excludes halogenated alkanes) is 1. The second-order valence-electron chi connectivity index (χ2n) is 3.16. The smallest absolute Gasteiger partial charge is 0.263 e. The Morgan fingerprint density at radius 2 is 2.17 bits per heavy atom. The van der Waals surface area contributed by atoms with Crippen molar-refractivity contribution < 1.29 is 0 Å². The van der Waals surface area contributed by atoms with Gasteiger partial charge >= 0.3 is 0 Å². The van der Waals surface area contributed by atoms with Crippen molar-refractivity contribution in [1.82, 2.24) is 20.8 Å². The van der Waals surface area contributed by atoms with Gasteiger partial charge in [-0.3, -0.25) is 26.0 Å². The minimum Gasteiger partial charge on any atom is -0.370 e. The van der Waals surface area contributed by atoms with E-state index in [4.69, 9.17) is 16.6 Å². The fourth-order valence-corrected chi connectivity index (χ4v) is 0.841. The summed E-state index contributed by atoms with van der Waals surface area (Å²) >= 11 is 0. The number of rotatable bonds is 3. The molecule has 9 heteroatoms. The van der Waals surface area contributed by atoms with Crippen molar-refractivity contribution in [2.45, 2.75) is 19.8 Å². The lowest BCUT2D eigenvalue weighted by Crippen LogP contribution is -2.43. The molecule has 0 aliphatic heterocycles. The van der Waals surface area contributed by atoms with Gasteiger partial charge in [-0.1, -0.05) is 13.3 Å². The minimum absolute atomic E-state index is 0. The van der Waals surface area contributed by atoms with E-state index in [1.165, 1.54) is 6.07 Å². The number of nitrogens with two attached hydrogens (primary N) is 1. The molecule has 0 amide bonds. The van der Waals surface area contributed by atoms with Gasteiger partial charge in [0.05, 0.1) is 0 Å². The van der Waals surface area contributed by atoms with Gasteiger partial charge in [-0.25, -0.2) is 0 Å². The van der Waals surface area contributed by atoms with Gasteiger partial charge < -0.3 is 16.1 Å². The minimum atomic E-state index is -0.209. The molecule has 1 aromatic rings. The molecule has 0 spiro atoms. The Morgan fingerprint density at radius 1 is 1.50 bits per heavy atom. The number of hydrogen-bond donors (Lipinski definition) is 7. The van der Waals surface area contributed by atoms with Crippen LogP contribution in [0.3, 0.4) is 0 Å². The number of halogens is 1. The summed E-state index contributed by atoms with van der Waals surface area (Å²) in [6.07, 6.45) is 3.64. The maximum Gasteiger partial charge on any atom is 0.263 e. The van der Waals surface area contributed by atoms with Crippen LogP contribution in [0, 0.1) is 10.8 Å². The third-order valence-corrected chi connectivity index (χ3v) is 1.61. The third kappa shape index (κ3) is 12.1. The van der Waals surface area contributed by atoms with Crippen molar-refractivity contribution in [2.75, 3.05) is 6.54 Å². The number of hydrogen-bond acceptors (Lipinski definition) is 3. The fraction of sp³-hybridized carbons (Fsp3) is 0.444. The second kappa shape index (κ2) is 11.5. The van der Waals surface area contributed by atoms with Crippen molar-refractivity contribution in [3.05, 3.63) is 22.6 Å². The van der Waals surface area contributed by atoms with E-state index < -0.39 is 0 Å². The van der Waals surface area contributed by atoms with Gasteiger partial charge in [-0.2, -0.15) is 0 Å². The van der Waals surface area contributed by atoms with Crippen LogP contribution in [0.1, 0.15) is 19.8 Å². The Bertz CT molecular complexity index is 370. The molecule has 1 aromatic heterocycles. The van der Waals surface area contributed by atoms with E-state index in [-0.39, 0.29) is 29.9 Å². The number of guanidine groups is 2. The van der Waals surface area contributed by atoms with E-state index in [1.54, 1.807) is 6.20 Å². The molecule has 104 valence electrons. The zero-order chi connectivity index (χ0) is 13.1. The molecule has 0 radical (unpaired) electrons. The van der Waals surface area contributed by atoms with Crippen LogP contribution < -0.4 is 21.9 Å². The van der Waals surface area contributed by atoms with E-state index in [0.717, 1.165) is 19.4 Å². The van der Waals surface area contributed by atoms with Gasteiger partial charge in [0.1, 0.15) is 0 Å². The van der Waals surface area contributed by atoms with Crippen molar-refractivity contribution in [3.63, 3.8) is 0 Å². The van der Waals surface area contributed by atoms with E-state index in [1.807, 2.05) is 0 Å². The molecule has 0 bridgehead atoms. The van der Waals surface area contributed by atoms with Gasteiger partial charge in [-0.15, -0.1) is 12.4 Å². The van der Waals surface area contributed by atoms with Crippen LogP contribution in [0.5, 0.6) is 0 Å². The predicted molar refractivity (Wildman–Crippen MR) is 74.3 cm³/mol. The normalized spacial score (nSPS) is 8.28. The summed E-state index contributed by atoms with van der Waals surface area (Å²) in [5, 5.41) is 23.9. The van der Waals surface area contributed by atoms with Crippen LogP contribution >= 0.6 is 12.4 Å². The molecular formula is C9H20ClN7O. The van der Waals surface area contributed by atoms with Crippen LogP contribution in [-0.4, -0.2) is 28.7 Å². The first kappa shape index (κ1) is 18.4. The maximum atomic E-state index is 9.98. The standard InChI is InChI=1S/C6H15N5.C3H4N2O.ClH/c1-2-3-4-10-6(9)11-5(7)8;6-3-1-2-4-5-3;/h2-4H2,1H3,(H6,7,8,9,10,11);1-2H,(H2,4,5,6);1H. The molecular weight excluding hydrogens is 258 g/mol. The summed E-state index contributed by atoms with van der Waals surface area (Å²) in [6.45, 7) is 2.82. The maximum absolute atomic E-state index is 9.98. The molecule has 0 unspecified atom stereocenters. The Balaban J connectivity index is 0. The summed E-state index contributed by atoms with van der Waals surface area (Å²) in [7, 11) is 0. The van der Waals surface area contributed by atoms with E-state index in [2.05, 4.69) is 27.8 Å². The average molecular weight is 278 g/mol. The molecule has 0 saturated heterocycles. The first-order valence-electron chi connectivity index (χ1n) is 5.21. The molecule has 1 rings (SSSR count). The van der Waals surface area contributed by atoms with Crippen LogP contribution in [0.15, 0.2) is 17.1 Å². The Morgan fingerprint density at radius 3 is 2.50 bits per heavy atom. The first-order chi connectivity index (χ1) is 8.06. The molecule has 18 heavy (non-hydrogen) atoms. The highest BCUT2D eigenvalue weighted by molar-refractivity contribution is 5.94. The number of aromatic amines is 2. The van der Waals surface area contributed by atoms with Crippen LogP contribution in [0.25, 0.3) is 0 Å². The number of H-pyrrole nitrogens is 2. The monoisotopic (exact) mass is 277 g/mol. The predicted octanol–water partition coefficient (Wildman–Crippen LogP) is -0.0813. The van der Waals surface area contributed by atoms with Crippen molar-refractivity contribution in [2.24, 2.45) is 5.73 Å². The lowest BCUT2D eigenvalue weighted by Gasteiger charge is -2.06.